The highest BCUT2D eigenvalue weighted by molar-refractivity contribution is 9.11. The van der Waals surface area contributed by atoms with Gasteiger partial charge in [-0.25, -0.2) is 0 Å². The number of hydrogen-bond donors (Lipinski definition) is 0. The molecular formula is C14H18Br2O5. The van der Waals surface area contributed by atoms with Crippen LogP contribution < -0.4 is 4.74 Å². The molecule has 0 aromatic heterocycles. The van der Waals surface area contributed by atoms with E-state index in [1.54, 1.807) is 19.2 Å². The SMILES string of the molecule is COCCOCCOCCOc1c(Br)cc(C=O)cc1Br. The van der Waals surface area contributed by atoms with Crippen LogP contribution in [0, 0.1) is 0 Å². The lowest BCUT2D eigenvalue weighted by molar-refractivity contribution is 0.0178. The second-order valence-electron chi connectivity index (χ2n) is 4.00. The van der Waals surface area contributed by atoms with Crippen molar-refractivity contribution in [1.29, 1.82) is 0 Å². The van der Waals surface area contributed by atoms with Gasteiger partial charge >= 0.3 is 0 Å². The number of benzene rings is 1. The third-order valence-corrected chi connectivity index (χ3v) is 3.61. The van der Waals surface area contributed by atoms with E-state index in [1.165, 1.54) is 0 Å². The summed E-state index contributed by atoms with van der Waals surface area (Å²) >= 11 is 6.74. The molecule has 0 N–H and O–H groups in total. The third-order valence-electron chi connectivity index (χ3n) is 2.43. The van der Waals surface area contributed by atoms with Crippen molar-refractivity contribution in [1.82, 2.24) is 0 Å². The summed E-state index contributed by atoms with van der Waals surface area (Å²) in [4.78, 5) is 10.7. The van der Waals surface area contributed by atoms with Crippen LogP contribution in [0.15, 0.2) is 21.1 Å². The summed E-state index contributed by atoms with van der Waals surface area (Å²) in [5.74, 6) is 0.653. The van der Waals surface area contributed by atoms with Gasteiger partial charge in [0.25, 0.3) is 0 Å². The molecule has 1 aromatic rings. The van der Waals surface area contributed by atoms with Crippen LogP contribution >= 0.6 is 31.9 Å². The first kappa shape index (κ1) is 18.6. The van der Waals surface area contributed by atoms with Gasteiger partial charge in [0.2, 0.25) is 0 Å². The highest BCUT2D eigenvalue weighted by Gasteiger charge is 2.08. The van der Waals surface area contributed by atoms with Crippen LogP contribution in [0.4, 0.5) is 0 Å². The van der Waals surface area contributed by atoms with Crippen molar-refractivity contribution in [3.63, 3.8) is 0 Å². The fraction of sp³-hybridized carbons (Fsp3) is 0.500. The average molecular weight is 426 g/mol. The standard InChI is InChI=1S/C14H18Br2O5/c1-18-2-3-19-4-5-20-6-7-21-14-12(15)8-11(10-17)9-13(14)16/h8-10H,2-7H2,1H3. The smallest absolute Gasteiger partial charge is 0.150 e. The quantitative estimate of drug-likeness (QED) is 0.402. The van der Waals surface area contributed by atoms with Crippen molar-refractivity contribution < 1.29 is 23.7 Å². The molecule has 1 aromatic carbocycles. The molecule has 0 heterocycles. The van der Waals surface area contributed by atoms with E-state index < -0.39 is 0 Å². The molecule has 1 rings (SSSR count). The molecule has 0 saturated carbocycles. The van der Waals surface area contributed by atoms with Crippen molar-refractivity contribution in [2.45, 2.75) is 0 Å². The summed E-state index contributed by atoms with van der Waals surface area (Å²) in [7, 11) is 1.63. The van der Waals surface area contributed by atoms with Crippen molar-refractivity contribution in [3.8, 4) is 5.75 Å². The molecule has 0 aliphatic heterocycles. The normalized spacial score (nSPS) is 10.6. The number of rotatable bonds is 11. The summed E-state index contributed by atoms with van der Waals surface area (Å²) in [6.45, 7) is 3.07. The minimum absolute atomic E-state index is 0.412. The van der Waals surface area contributed by atoms with Crippen LogP contribution in [0.3, 0.4) is 0 Å². The Hall–Kier alpha value is -0.470. The molecule has 0 unspecified atom stereocenters. The molecule has 0 bridgehead atoms. The first-order valence-corrected chi connectivity index (χ1v) is 7.99. The molecule has 5 nitrogen and oxygen atoms in total. The first-order chi connectivity index (χ1) is 10.2. The Morgan fingerprint density at radius 2 is 1.48 bits per heavy atom. The van der Waals surface area contributed by atoms with Gasteiger partial charge in [0, 0.05) is 12.7 Å². The molecule has 0 saturated heterocycles. The van der Waals surface area contributed by atoms with E-state index in [-0.39, 0.29) is 0 Å². The largest absolute Gasteiger partial charge is 0.489 e. The lowest BCUT2D eigenvalue weighted by Crippen LogP contribution is -2.12. The summed E-state index contributed by atoms with van der Waals surface area (Å²) in [6, 6.07) is 3.41. The monoisotopic (exact) mass is 424 g/mol. The molecule has 0 aliphatic carbocycles. The van der Waals surface area contributed by atoms with Gasteiger partial charge in [-0.05, 0) is 44.0 Å². The Labute approximate surface area is 141 Å². The van der Waals surface area contributed by atoms with Crippen LogP contribution in [0.2, 0.25) is 0 Å². The molecule has 0 spiro atoms. The molecule has 21 heavy (non-hydrogen) atoms. The Kier molecular flexibility index (Phi) is 9.86. The van der Waals surface area contributed by atoms with Crippen molar-refractivity contribution in [3.05, 3.63) is 26.6 Å². The Bertz CT molecular complexity index is 416. The number of aldehydes is 1. The van der Waals surface area contributed by atoms with E-state index in [1.807, 2.05) is 0 Å². The van der Waals surface area contributed by atoms with Gasteiger partial charge in [0.05, 0.1) is 42.0 Å². The molecule has 118 valence electrons. The predicted molar refractivity (Wildman–Crippen MR) is 86.2 cm³/mol. The molecular weight excluding hydrogens is 408 g/mol. The topological polar surface area (TPSA) is 54.0 Å². The van der Waals surface area contributed by atoms with Gasteiger partial charge in [0.15, 0.2) is 0 Å². The molecule has 0 fully saturated rings. The lowest BCUT2D eigenvalue weighted by Gasteiger charge is -2.11. The van der Waals surface area contributed by atoms with Crippen LogP contribution in [-0.2, 0) is 14.2 Å². The van der Waals surface area contributed by atoms with Gasteiger partial charge < -0.3 is 18.9 Å². The Morgan fingerprint density at radius 1 is 0.952 bits per heavy atom. The average Bonchev–Trinajstić information content (AvgIpc) is 2.47. The fourth-order valence-electron chi connectivity index (χ4n) is 1.45. The summed E-state index contributed by atoms with van der Waals surface area (Å²) in [5, 5.41) is 0. The second-order valence-corrected chi connectivity index (χ2v) is 5.71. The summed E-state index contributed by atoms with van der Waals surface area (Å²) in [5.41, 5.74) is 0.575. The number of carbonyl (C=O) groups is 1. The molecule has 0 aliphatic rings. The fourth-order valence-corrected chi connectivity index (χ4v) is 2.90. The van der Waals surface area contributed by atoms with Crippen LogP contribution in [0.25, 0.3) is 0 Å². The highest BCUT2D eigenvalue weighted by atomic mass is 79.9. The maximum atomic E-state index is 10.7. The second kappa shape index (κ2) is 11.1. The van der Waals surface area contributed by atoms with Gasteiger partial charge in [-0.2, -0.15) is 0 Å². The lowest BCUT2D eigenvalue weighted by atomic mass is 10.2. The minimum Gasteiger partial charge on any atom is -0.489 e. The summed E-state index contributed by atoms with van der Waals surface area (Å²) < 4.78 is 22.6. The number of ether oxygens (including phenoxy) is 4. The van der Waals surface area contributed by atoms with Gasteiger partial charge in [-0.15, -0.1) is 0 Å². The maximum absolute atomic E-state index is 10.7. The first-order valence-electron chi connectivity index (χ1n) is 6.40. The molecule has 0 atom stereocenters. The molecule has 0 amide bonds. The van der Waals surface area contributed by atoms with Crippen LogP contribution in [0.5, 0.6) is 5.75 Å². The van der Waals surface area contributed by atoms with Crippen molar-refractivity contribution in [2.24, 2.45) is 0 Å². The molecule has 0 radical (unpaired) electrons. The summed E-state index contributed by atoms with van der Waals surface area (Å²) in [6.07, 6.45) is 0.784. The minimum atomic E-state index is 0.412. The number of halogens is 2. The van der Waals surface area contributed by atoms with E-state index in [2.05, 4.69) is 31.9 Å². The molecule has 7 heteroatoms. The van der Waals surface area contributed by atoms with E-state index in [0.717, 1.165) is 15.2 Å². The third kappa shape index (κ3) is 7.37. The number of hydrogen-bond acceptors (Lipinski definition) is 5. The van der Waals surface area contributed by atoms with E-state index in [9.17, 15) is 4.79 Å². The number of methoxy groups -OCH3 is 1. The highest BCUT2D eigenvalue weighted by Crippen LogP contribution is 2.34. The van der Waals surface area contributed by atoms with Gasteiger partial charge in [-0.3, -0.25) is 4.79 Å². The predicted octanol–water partition coefficient (Wildman–Crippen LogP) is 3.08. The Balaban J connectivity index is 2.20. The zero-order valence-corrected chi connectivity index (χ0v) is 14.9. The van der Waals surface area contributed by atoms with E-state index in [4.69, 9.17) is 18.9 Å². The zero-order valence-electron chi connectivity index (χ0n) is 11.8. The van der Waals surface area contributed by atoms with E-state index >= 15 is 0 Å². The maximum Gasteiger partial charge on any atom is 0.150 e. The van der Waals surface area contributed by atoms with Gasteiger partial charge in [-0.1, -0.05) is 0 Å². The van der Waals surface area contributed by atoms with Crippen molar-refractivity contribution in [2.75, 3.05) is 46.8 Å². The van der Waals surface area contributed by atoms with E-state index in [0.29, 0.717) is 51.0 Å². The van der Waals surface area contributed by atoms with Gasteiger partial charge in [0.1, 0.15) is 18.6 Å². The number of carbonyl (C=O) groups excluding carboxylic acids is 1. The van der Waals surface area contributed by atoms with Crippen LogP contribution in [0.1, 0.15) is 10.4 Å². The zero-order chi connectivity index (χ0) is 15.5. The van der Waals surface area contributed by atoms with Crippen LogP contribution in [-0.4, -0.2) is 53.0 Å². The van der Waals surface area contributed by atoms with Crippen molar-refractivity contribution >= 4 is 38.1 Å². The Morgan fingerprint density at radius 3 is 2.00 bits per heavy atom.